The van der Waals surface area contributed by atoms with E-state index in [0.29, 0.717) is 6.54 Å². The first-order valence-electron chi connectivity index (χ1n) is 7.98. The van der Waals surface area contributed by atoms with Crippen molar-refractivity contribution in [3.05, 3.63) is 29.3 Å². The number of rotatable bonds is 3. The quantitative estimate of drug-likeness (QED) is 0.807. The van der Waals surface area contributed by atoms with Gasteiger partial charge in [-0.1, -0.05) is 0 Å². The van der Waals surface area contributed by atoms with Crippen molar-refractivity contribution in [2.24, 2.45) is 7.05 Å². The van der Waals surface area contributed by atoms with Gasteiger partial charge in [-0.05, 0) is 41.5 Å². The Kier molecular flexibility index (Phi) is 3.68. The van der Waals surface area contributed by atoms with Gasteiger partial charge >= 0.3 is 7.12 Å². The molecule has 0 aliphatic carbocycles. The third-order valence-electron chi connectivity index (χ3n) is 5.02. The van der Waals surface area contributed by atoms with E-state index in [1.807, 2.05) is 31.0 Å². The van der Waals surface area contributed by atoms with Crippen molar-refractivity contribution in [2.75, 3.05) is 0 Å². The molecule has 0 unspecified atom stereocenters. The van der Waals surface area contributed by atoms with Crippen molar-refractivity contribution in [1.82, 2.24) is 19.6 Å². The van der Waals surface area contributed by atoms with Crippen LogP contribution in [0.2, 0.25) is 0 Å². The van der Waals surface area contributed by atoms with Crippen molar-refractivity contribution in [1.29, 1.82) is 0 Å². The van der Waals surface area contributed by atoms with Crippen molar-refractivity contribution in [3.8, 4) is 0 Å². The monoisotopic (exact) mass is 316 g/mol. The molecule has 0 aromatic carbocycles. The average molecular weight is 316 g/mol. The molecule has 1 saturated heterocycles. The number of aromatic nitrogens is 4. The normalized spacial score (nSPS) is 19.5. The van der Waals surface area contributed by atoms with Crippen LogP contribution in [0.4, 0.5) is 0 Å². The van der Waals surface area contributed by atoms with Gasteiger partial charge in [-0.3, -0.25) is 9.36 Å². The third-order valence-corrected chi connectivity index (χ3v) is 5.02. The highest BCUT2D eigenvalue weighted by Crippen LogP contribution is 2.36. The molecule has 0 bridgehead atoms. The van der Waals surface area contributed by atoms with Gasteiger partial charge < -0.3 is 9.31 Å². The lowest BCUT2D eigenvalue weighted by atomic mass is 9.77. The predicted octanol–water partition coefficient (Wildman–Crippen LogP) is 1.58. The first-order chi connectivity index (χ1) is 10.6. The van der Waals surface area contributed by atoms with Gasteiger partial charge in [0.1, 0.15) is 0 Å². The summed E-state index contributed by atoms with van der Waals surface area (Å²) in [7, 11) is 1.54. The molecule has 0 saturated carbocycles. The maximum atomic E-state index is 6.19. The Labute approximate surface area is 137 Å². The summed E-state index contributed by atoms with van der Waals surface area (Å²) in [6, 6.07) is 0. The molecule has 2 aromatic rings. The van der Waals surface area contributed by atoms with Crippen LogP contribution in [0.1, 0.15) is 44.6 Å². The van der Waals surface area contributed by atoms with E-state index in [0.717, 1.165) is 22.4 Å². The van der Waals surface area contributed by atoms with E-state index in [9.17, 15) is 0 Å². The molecule has 7 heteroatoms. The maximum absolute atomic E-state index is 6.19. The Balaban J connectivity index is 1.90. The lowest BCUT2D eigenvalue weighted by Gasteiger charge is -2.32. The molecule has 0 atom stereocenters. The van der Waals surface area contributed by atoms with E-state index in [1.165, 1.54) is 0 Å². The first-order valence-corrected chi connectivity index (χ1v) is 7.98. The maximum Gasteiger partial charge on any atom is 0.498 e. The van der Waals surface area contributed by atoms with Crippen molar-refractivity contribution < 1.29 is 9.31 Å². The van der Waals surface area contributed by atoms with Crippen molar-refractivity contribution >= 4 is 12.6 Å². The number of aryl methyl sites for hydroxylation is 2. The van der Waals surface area contributed by atoms with Gasteiger partial charge in [-0.25, -0.2) is 0 Å². The van der Waals surface area contributed by atoms with Crippen LogP contribution in [0, 0.1) is 13.8 Å². The van der Waals surface area contributed by atoms with E-state index < -0.39 is 0 Å². The summed E-state index contributed by atoms with van der Waals surface area (Å²) in [6.07, 6.45) is 3.87. The van der Waals surface area contributed by atoms with E-state index in [-0.39, 0.29) is 18.3 Å². The highest BCUT2D eigenvalue weighted by atomic mass is 16.7. The predicted molar refractivity (Wildman–Crippen MR) is 89.7 cm³/mol. The van der Waals surface area contributed by atoms with E-state index >= 15 is 0 Å². The molecule has 0 radical (unpaired) electrons. The zero-order valence-electron chi connectivity index (χ0n) is 15.0. The number of hydrogen-bond donors (Lipinski definition) is 0. The molecule has 23 heavy (non-hydrogen) atoms. The molecular formula is C16H25BN4O2. The first kappa shape index (κ1) is 16.3. The largest absolute Gasteiger partial charge is 0.498 e. The molecule has 1 aliphatic heterocycles. The van der Waals surface area contributed by atoms with Crippen LogP contribution in [0.25, 0.3) is 0 Å². The molecule has 6 nitrogen and oxygen atoms in total. The second-order valence-electron chi connectivity index (χ2n) is 7.35. The van der Waals surface area contributed by atoms with Gasteiger partial charge in [0, 0.05) is 30.0 Å². The zero-order chi connectivity index (χ0) is 17.0. The fraction of sp³-hybridized carbons (Fsp3) is 0.625. The zero-order valence-corrected chi connectivity index (χ0v) is 15.0. The molecule has 3 rings (SSSR count). The molecule has 2 aromatic heterocycles. The summed E-state index contributed by atoms with van der Waals surface area (Å²) >= 11 is 0. The summed E-state index contributed by atoms with van der Waals surface area (Å²) in [6.45, 7) is 13.0. The molecule has 0 spiro atoms. The molecule has 0 amide bonds. The van der Waals surface area contributed by atoms with Crippen LogP contribution >= 0.6 is 0 Å². The third kappa shape index (κ3) is 2.72. The summed E-state index contributed by atoms with van der Waals surface area (Å²) in [5.41, 5.74) is 3.49. The molecule has 1 aliphatic rings. The average Bonchev–Trinajstić information content (AvgIpc) is 2.99. The summed E-state index contributed by atoms with van der Waals surface area (Å²) < 4.78 is 16.2. The van der Waals surface area contributed by atoms with Crippen molar-refractivity contribution in [3.63, 3.8) is 0 Å². The van der Waals surface area contributed by atoms with E-state index in [1.54, 1.807) is 4.68 Å². The lowest BCUT2D eigenvalue weighted by Crippen LogP contribution is -2.41. The highest BCUT2D eigenvalue weighted by Gasteiger charge is 2.53. The van der Waals surface area contributed by atoms with Gasteiger partial charge in [0.25, 0.3) is 0 Å². The molecule has 124 valence electrons. The standard InChI is InChI=1S/C16H25BN4O2/c1-11-14(17-22-15(3,4)16(5,6)23-17)12(2)21(19-11)10-13-8-18-20(7)9-13/h8-9H,10H2,1-7H3. The van der Waals surface area contributed by atoms with Gasteiger partial charge in [0.05, 0.1) is 29.6 Å². The fourth-order valence-electron chi connectivity index (χ4n) is 2.89. The Morgan fingerprint density at radius 2 is 1.74 bits per heavy atom. The lowest BCUT2D eigenvalue weighted by molar-refractivity contribution is 0.00578. The van der Waals surface area contributed by atoms with Crippen LogP contribution in [0.5, 0.6) is 0 Å². The number of nitrogens with zero attached hydrogens (tertiary/aromatic N) is 4. The minimum Gasteiger partial charge on any atom is -0.399 e. The van der Waals surface area contributed by atoms with Crippen LogP contribution < -0.4 is 5.46 Å². The van der Waals surface area contributed by atoms with E-state index in [2.05, 4.69) is 44.8 Å². The topological polar surface area (TPSA) is 54.1 Å². The van der Waals surface area contributed by atoms with E-state index in [4.69, 9.17) is 9.31 Å². The summed E-state index contributed by atoms with van der Waals surface area (Å²) in [5.74, 6) is 0. The minimum atomic E-state index is -0.373. The van der Waals surface area contributed by atoms with Crippen LogP contribution in [0.15, 0.2) is 12.4 Å². The molecular weight excluding hydrogens is 291 g/mol. The van der Waals surface area contributed by atoms with Crippen LogP contribution in [-0.2, 0) is 22.9 Å². The van der Waals surface area contributed by atoms with Gasteiger partial charge in [-0.2, -0.15) is 10.2 Å². The van der Waals surface area contributed by atoms with Gasteiger partial charge in [-0.15, -0.1) is 0 Å². The minimum absolute atomic E-state index is 0.345. The summed E-state index contributed by atoms with van der Waals surface area (Å²) in [4.78, 5) is 0. The number of hydrogen-bond acceptors (Lipinski definition) is 4. The smallest absolute Gasteiger partial charge is 0.399 e. The van der Waals surface area contributed by atoms with Crippen molar-refractivity contribution in [2.45, 2.75) is 59.3 Å². The SMILES string of the molecule is Cc1nn(Cc2cnn(C)c2)c(C)c1B1OC(C)(C)C(C)(C)O1. The van der Waals surface area contributed by atoms with Gasteiger partial charge in [0.15, 0.2) is 0 Å². The van der Waals surface area contributed by atoms with Crippen LogP contribution in [-0.4, -0.2) is 37.9 Å². The Morgan fingerprint density at radius 3 is 2.26 bits per heavy atom. The Bertz CT molecular complexity index is 717. The molecule has 3 heterocycles. The second kappa shape index (κ2) is 5.21. The second-order valence-corrected chi connectivity index (χ2v) is 7.35. The van der Waals surface area contributed by atoms with Crippen LogP contribution in [0.3, 0.4) is 0 Å². The fourth-order valence-corrected chi connectivity index (χ4v) is 2.89. The Hall–Kier alpha value is -1.60. The summed E-state index contributed by atoms with van der Waals surface area (Å²) in [5, 5.41) is 8.89. The molecule has 1 fully saturated rings. The molecule has 0 N–H and O–H groups in total. The van der Waals surface area contributed by atoms with Gasteiger partial charge in [0.2, 0.25) is 0 Å². The highest BCUT2D eigenvalue weighted by molar-refractivity contribution is 6.63. The Morgan fingerprint density at radius 1 is 1.13 bits per heavy atom.